The minimum absolute atomic E-state index is 0.473. The Bertz CT molecular complexity index is 347. The summed E-state index contributed by atoms with van der Waals surface area (Å²) in [6.07, 6.45) is 6.80. The summed E-state index contributed by atoms with van der Waals surface area (Å²) in [5.41, 5.74) is 0. The van der Waals surface area contributed by atoms with Gasteiger partial charge in [-0.15, -0.1) is 0 Å². The topological polar surface area (TPSA) is 27.7 Å². The van der Waals surface area contributed by atoms with E-state index < -0.39 is 8.80 Å². The molecule has 0 N–H and O–H groups in total. The third-order valence-corrected chi connectivity index (χ3v) is 7.64. The van der Waals surface area contributed by atoms with E-state index >= 15 is 0 Å². The van der Waals surface area contributed by atoms with Crippen molar-refractivity contribution in [2.75, 3.05) is 19.8 Å². The first kappa shape index (κ1) is 24.3. The monoisotopic (exact) mass is 392 g/mol. The van der Waals surface area contributed by atoms with Crippen molar-refractivity contribution in [3.63, 3.8) is 0 Å². The average molecular weight is 393 g/mol. The molecule has 0 aliphatic rings. The first-order valence-electron chi connectivity index (χ1n) is 9.32. The highest BCUT2D eigenvalue weighted by Crippen LogP contribution is 2.22. The number of rotatable bonds is 16. The van der Waals surface area contributed by atoms with Crippen molar-refractivity contribution in [1.82, 2.24) is 0 Å². The van der Waals surface area contributed by atoms with Gasteiger partial charge in [-0.3, -0.25) is 0 Å². The lowest BCUT2D eigenvalue weighted by Crippen LogP contribution is -2.45. The quantitative estimate of drug-likeness (QED) is 0.189. The van der Waals surface area contributed by atoms with Crippen LogP contribution in [-0.4, -0.2) is 38.4 Å². The lowest BCUT2D eigenvalue weighted by Gasteiger charge is -2.28. The van der Waals surface area contributed by atoms with E-state index in [0.29, 0.717) is 25.7 Å². The zero-order chi connectivity index (χ0) is 18.4. The molecule has 0 bridgehead atoms. The minimum atomic E-state index is -2.46. The molecule has 0 radical (unpaired) electrons. The Morgan fingerprint density at radius 1 is 0.833 bits per heavy atom. The van der Waals surface area contributed by atoms with E-state index in [1.54, 1.807) is 0 Å². The van der Waals surface area contributed by atoms with Crippen LogP contribution in [0.2, 0.25) is 6.04 Å². The largest absolute Gasteiger partial charge is 0.500 e. The maximum absolute atomic E-state index is 5.89. The van der Waals surface area contributed by atoms with Crippen molar-refractivity contribution in [2.45, 2.75) is 79.2 Å². The third-order valence-electron chi connectivity index (χ3n) is 3.99. The summed E-state index contributed by atoms with van der Waals surface area (Å²) >= 11 is 10.6. The smallest absolute Gasteiger partial charge is 0.374 e. The summed E-state index contributed by atoms with van der Waals surface area (Å²) in [4.78, 5) is 2.15. The fourth-order valence-electron chi connectivity index (χ4n) is 2.88. The highest BCUT2D eigenvalue weighted by atomic mass is 32.1. The second kappa shape index (κ2) is 14.4. The maximum atomic E-state index is 5.89. The molecule has 0 rings (SSSR count). The fourth-order valence-corrected chi connectivity index (χ4v) is 5.97. The van der Waals surface area contributed by atoms with E-state index in [9.17, 15) is 0 Å². The zero-order valence-corrected chi connectivity index (χ0v) is 18.8. The highest BCUT2D eigenvalue weighted by molar-refractivity contribution is 7.80. The van der Waals surface area contributed by atoms with Crippen LogP contribution in [0.3, 0.4) is 0 Å². The van der Waals surface area contributed by atoms with E-state index in [1.807, 2.05) is 34.6 Å². The van der Waals surface area contributed by atoms with Gasteiger partial charge in [-0.1, -0.05) is 43.7 Å². The molecule has 24 heavy (non-hydrogen) atoms. The van der Waals surface area contributed by atoms with Crippen LogP contribution in [0.5, 0.6) is 0 Å². The lowest BCUT2D eigenvalue weighted by molar-refractivity contribution is 0.0706. The number of thiocarbonyl (C=S) groups is 2. The second-order valence-corrected chi connectivity index (χ2v) is 10.2. The van der Waals surface area contributed by atoms with Crippen molar-refractivity contribution in [3.8, 4) is 0 Å². The molecule has 0 saturated carbocycles. The zero-order valence-electron chi connectivity index (χ0n) is 16.2. The van der Waals surface area contributed by atoms with Gasteiger partial charge in [0.1, 0.15) is 0 Å². The molecule has 0 aliphatic carbocycles. The molecule has 1 unspecified atom stereocenters. The first-order chi connectivity index (χ1) is 11.4. The first-order valence-corrected chi connectivity index (χ1v) is 12.1. The van der Waals surface area contributed by atoms with Gasteiger partial charge >= 0.3 is 8.80 Å². The predicted octanol–water partition coefficient (Wildman–Crippen LogP) is 5.77. The molecule has 3 nitrogen and oxygen atoms in total. The molecule has 0 aromatic heterocycles. The summed E-state index contributed by atoms with van der Waals surface area (Å²) in [5, 5.41) is 0. The minimum Gasteiger partial charge on any atom is -0.374 e. The van der Waals surface area contributed by atoms with Gasteiger partial charge in [0.05, 0.1) is 0 Å². The SMILES string of the molecule is CCO[Si](CCCCCCC(CC(C)=S)C(C)=S)(OCC)OCC. The lowest BCUT2D eigenvalue weighted by atomic mass is 9.94. The summed E-state index contributed by atoms with van der Waals surface area (Å²) in [7, 11) is -2.46. The van der Waals surface area contributed by atoms with Crippen molar-refractivity contribution >= 4 is 43.0 Å². The van der Waals surface area contributed by atoms with Crippen molar-refractivity contribution in [1.29, 1.82) is 0 Å². The summed E-state index contributed by atoms with van der Waals surface area (Å²) in [6, 6.07) is 0.914. The van der Waals surface area contributed by atoms with Crippen molar-refractivity contribution < 1.29 is 13.3 Å². The molecule has 6 heteroatoms. The molecule has 0 amide bonds. The van der Waals surface area contributed by atoms with Gasteiger partial charge in [0.25, 0.3) is 0 Å². The molecule has 0 aromatic rings. The fraction of sp³-hybridized carbons (Fsp3) is 0.889. The summed E-state index contributed by atoms with van der Waals surface area (Å²) in [5.74, 6) is 0.473. The van der Waals surface area contributed by atoms with Crippen LogP contribution in [-0.2, 0) is 13.3 Å². The van der Waals surface area contributed by atoms with Crippen LogP contribution < -0.4 is 0 Å². The normalized spacial score (nSPS) is 13.0. The predicted molar refractivity (Wildman–Crippen MR) is 113 cm³/mol. The molecule has 0 saturated heterocycles. The van der Waals surface area contributed by atoms with Gasteiger partial charge in [0, 0.05) is 25.9 Å². The molecule has 0 spiro atoms. The van der Waals surface area contributed by atoms with E-state index in [0.717, 1.165) is 35.0 Å². The van der Waals surface area contributed by atoms with Gasteiger partial charge in [0.2, 0.25) is 0 Å². The van der Waals surface area contributed by atoms with E-state index in [4.69, 9.17) is 37.7 Å². The van der Waals surface area contributed by atoms with Crippen molar-refractivity contribution in [3.05, 3.63) is 0 Å². The molecule has 0 heterocycles. The molecular formula is C18H36O3S2Si. The standard InChI is InChI=1S/C18H36O3S2Si/c1-6-19-24(20-7-2,21-8-3)14-12-10-9-11-13-18(17(5)23)15-16(4)22/h18H,6-15H2,1-5H3. The van der Waals surface area contributed by atoms with Gasteiger partial charge in [-0.25, -0.2) is 0 Å². The van der Waals surface area contributed by atoms with Crippen LogP contribution in [0, 0.1) is 5.92 Å². The van der Waals surface area contributed by atoms with Crippen molar-refractivity contribution in [2.24, 2.45) is 5.92 Å². The molecule has 142 valence electrons. The highest BCUT2D eigenvalue weighted by Gasteiger charge is 2.39. The van der Waals surface area contributed by atoms with Gasteiger partial charge in [0.15, 0.2) is 0 Å². The van der Waals surface area contributed by atoms with Gasteiger partial charge in [-0.05, 0) is 69.5 Å². The molecule has 0 fully saturated rings. The Labute approximate surface area is 161 Å². The number of unbranched alkanes of at least 4 members (excludes halogenated alkanes) is 3. The molecule has 0 aromatic carbocycles. The summed E-state index contributed by atoms with van der Waals surface area (Å²) in [6.45, 7) is 12.0. The van der Waals surface area contributed by atoms with Crippen LogP contribution in [0.15, 0.2) is 0 Å². The van der Waals surface area contributed by atoms with Crippen LogP contribution in [0.4, 0.5) is 0 Å². The molecule has 1 atom stereocenters. The van der Waals surface area contributed by atoms with E-state index in [2.05, 4.69) is 0 Å². The van der Waals surface area contributed by atoms with Crippen LogP contribution in [0.25, 0.3) is 0 Å². The van der Waals surface area contributed by atoms with Crippen LogP contribution in [0.1, 0.15) is 73.1 Å². The van der Waals surface area contributed by atoms with Gasteiger partial charge < -0.3 is 13.3 Å². The second-order valence-electron chi connectivity index (χ2n) is 6.15. The summed E-state index contributed by atoms with van der Waals surface area (Å²) < 4.78 is 17.7. The Morgan fingerprint density at radius 3 is 1.75 bits per heavy atom. The van der Waals surface area contributed by atoms with E-state index in [-0.39, 0.29) is 0 Å². The Hall–Kier alpha value is 0.277. The molecule has 0 aliphatic heterocycles. The Balaban J connectivity index is 4.15. The Kier molecular flexibility index (Phi) is 14.6. The molecular weight excluding hydrogens is 356 g/mol. The third kappa shape index (κ3) is 11.0. The Morgan fingerprint density at radius 2 is 1.33 bits per heavy atom. The van der Waals surface area contributed by atoms with E-state index in [1.165, 1.54) is 19.3 Å². The van der Waals surface area contributed by atoms with Gasteiger partial charge in [-0.2, -0.15) is 0 Å². The van der Waals surface area contributed by atoms with Crippen LogP contribution >= 0.6 is 24.4 Å². The number of hydrogen-bond donors (Lipinski definition) is 0. The maximum Gasteiger partial charge on any atom is 0.500 e. The number of hydrogen-bond acceptors (Lipinski definition) is 5. The average Bonchev–Trinajstić information content (AvgIpc) is 2.49.